The molecule has 1 heterocycles. The molecule has 0 radical (unpaired) electrons. The molecule has 21 heavy (non-hydrogen) atoms. The van der Waals surface area contributed by atoms with E-state index in [4.69, 9.17) is 11.6 Å². The number of nitrogens with one attached hydrogen (secondary N) is 1. The van der Waals surface area contributed by atoms with Crippen molar-refractivity contribution in [1.29, 1.82) is 0 Å². The second-order valence-corrected chi connectivity index (χ2v) is 6.51. The van der Waals surface area contributed by atoms with Crippen molar-refractivity contribution < 1.29 is 9.59 Å². The van der Waals surface area contributed by atoms with Gasteiger partial charge in [-0.3, -0.25) is 15.0 Å². The highest BCUT2D eigenvalue weighted by Crippen LogP contribution is 2.49. The Balaban J connectivity index is 1.86. The number of para-hydroxylation sites is 1. The summed E-state index contributed by atoms with van der Waals surface area (Å²) in [4.78, 5) is 25.1. The molecule has 1 aliphatic carbocycles. The van der Waals surface area contributed by atoms with Crippen LogP contribution in [-0.2, 0) is 9.59 Å². The standard InChI is InChI=1S/C16H19ClN2O2/c1-11-6-4-5-9-16(11)10-14(20)19(15(16)21)18-13-8-3-2-7-12(13)17/h2-3,7-8,11,18H,4-6,9-10H2,1H3. The molecule has 2 atom stereocenters. The van der Waals surface area contributed by atoms with Gasteiger partial charge in [0.15, 0.2) is 0 Å². The van der Waals surface area contributed by atoms with Crippen LogP contribution in [0.4, 0.5) is 5.69 Å². The number of carbonyl (C=O) groups is 2. The lowest BCUT2D eigenvalue weighted by molar-refractivity contribution is -0.142. The van der Waals surface area contributed by atoms with E-state index >= 15 is 0 Å². The van der Waals surface area contributed by atoms with Crippen LogP contribution in [0.25, 0.3) is 0 Å². The summed E-state index contributed by atoms with van der Waals surface area (Å²) in [5, 5.41) is 1.67. The Kier molecular flexibility index (Phi) is 3.66. The zero-order valence-corrected chi connectivity index (χ0v) is 12.8. The quantitative estimate of drug-likeness (QED) is 0.849. The van der Waals surface area contributed by atoms with E-state index in [0.29, 0.717) is 17.1 Å². The number of amides is 2. The molecule has 2 unspecified atom stereocenters. The van der Waals surface area contributed by atoms with Crippen LogP contribution in [0.1, 0.15) is 39.0 Å². The zero-order chi connectivity index (χ0) is 15.0. The van der Waals surface area contributed by atoms with Gasteiger partial charge in [-0.15, -0.1) is 0 Å². The van der Waals surface area contributed by atoms with Gasteiger partial charge in [-0.25, -0.2) is 0 Å². The van der Waals surface area contributed by atoms with E-state index in [1.165, 1.54) is 5.01 Å². The number of benzene rings is 1. The Bertz CT molecular complexity index is 589. The van der Waals surface area contributed by atoms with Crippen molar-refractivity contribution >= 4 is 29.1 Å². The molecule has 1 N–H and O–H groups in total. The summed E-state index contributed by atoms with van der Waals surface area (Å²) >= 11 is 6.09. The number of carbonyl (C=O) groups excluding carboxylic acids is 2. The number of rotatable bonds is 2. The maximum absolute atomic E-state index is 12.8. The molecule has 3 rings (SSSR count). The summed E-state index contributed by atoms with van der Waals surface area (Å²) in [6.45, 7) is 2.09. The van der Waals surface area contributed by atoms with Gasteiger partial charge < -0.3 is 0 Å². The van der Waals surface area contributed by atoms with Crippen molar-refractivity contribution in [2.75, 3.05) is 5.43 Å². The number of imide groups is 1. The van der Waals surface area contributed by atoms with Gasteiger partial charge in [0.1, 0.15) is 0 Å². The third kappa shape index (κ3) is 2.31. The first-order valence-corrected chi connectivity index (χ1v) is 7.81. The van der Waals surface area contributed by atoms with E-state index < -0.39 is 5.41 Å². The average molecular weight is 307 g/mol. The number of nitrogens with zero attached hydrogens (tertiary/aromatic N) is 1. The van der Waals surface area contributed by atoms with Crippen LogP contribution < -0.4 is 5.43 Å². The number of hydrogen-bond donors (Lipinski definition) is 1. The first-order valence-electron chi connectivity index (χ1n) is 7.43. The molecule has 1 aromatic carbocycles. The molecule has 5 heteroatoms. The summed E-state index contributed by atoms with van der Waals surface area (Å²) in [5.74, 6) is -0.00552. The topological polar surface area (TPSA) is 49.4 Å². The third-order valence-electron chi connectivity index (χ3n) is 4.90. The second kappa shape index (κ2) is 5.34. The molecule has 2 aliphatic rings. The second-order valence-electron chi connectivity index (χ2n) is 6.11. The van der Waals surface area contributed by atoms with Gasteiger partial charge in [0.25, 0.3) is 5.91 Å². The molecule has 1 aromatic rings. The van der Waals surface area contributed by atoms with Crippen LogP contribution in [0.3, 0.4) is 0 Å². The van der Waals surface area contributed by atoms with Crippen molar-refractivity contribution in [1.82, 2.24) is 5.01 Å². The minimum Gasteiger partial charge on any atom is -0.287 e. The Morgan fingerprint density at radius 3 is 2.76 bits per heavy atom. The number of halogens is 1. The maximum atomic E-state index is 12.8. The molecule has 1 saturated heterocycles. The van der Waals surface area contributed by atoms with Gasteiger partial charge in [0, 0.05) is 6.42 Å². The molecule has 2 amide bonds. The average Bonchev–Trinajstić information content (AvgIpc) is 2.70. The van der Waals surface area contributed by atoms with Crippen LogP contribution in [0.2, 0.25) is 5.02 Å². The minimum atomic E-state index is -0.510. The summed E-state index contributed by atoms with van der Waals surface area (Å²) in [5.41, 5.74) is 2.98. The summed E-state index contributed by atoms with van der Waals surface area (Å²) in [6.07, 6.45) is 4.29. The Morgan fingerprint density at radius 2 is 2.05 bits per heavy atom. The highest BCUT2D eigenvalue weighted by Gasteiger charge is 2.55. The van der Waals surface area contributed by atoms with Crippen molar-refractivity contribution in [2.45, 2.75) is 39.0 Å². The lowest BCUT2D eigenvalue weighted by Crippen LogP contribution is -2.43. The van der Waals surface area contributed by atoms with Gasteiger partial charge in [0.05, 0.1) is 16.1 Å². The monoisotopic (exact) mass is 306 g/mol. The first kappa shape index (κ1) is 14.4. The molecule has 0 bridgehead atoms. The summed E-state index contributed by atoms with van der Waals surface area (Å²) < 4.78 is 0. The summed E-state index contributed by atoms with van der Waals surface area (Å²) in [7, 11) is 0. The van der Waals surface area contributed by atoms with Gasteiger partial charge in [-0.2, -0.15) is 5.01 Å². The molecule has 0 aromatic heterocycles. The number of hydrogen-bond acceptors (Lipinski definition) is 3. The Hall–Kier alpha value is -1.55. The molecular weight excluding hydrogens is 288 g/mol. The van der Waals surface area contributed by atoms with E-state index in [0.717, 1.165) is 25.7 Å². The highest BCUT2D eigenvalue weighted by molar-refractivity contribution is 6.33. The van der Waals surface area contributed by atoms with Crippen LogP contribution in [-0.4, -0.2) is 16.8 Å². The molecule has 1 aliphatic heterocycles. The highest BCUT2D eigenvalue weighted by atomic mass is 35.5. The maximum Gasteiger partial charge on any atom is 0.255 e. The SMILES string of the molecule is CC1CCCCC12CC(=O)N(Nc1ccccc1Cl)C2=O. The van der Waals surface area contributed by atoms with Gasteiger partial charge in [-0.05, 0) is 30.9 Å². The van der Waals surface area contributed by atoms with Crippen LogP contribution in [0.5, 0.6) is 0 Å². The molecule has 112 valence electrons. The van der Waals surface area contributed by atoms with Crippen LogP contribution in [0.15, 0.2) is 24.3 Å². The van der Waals surface area contributed by atoms with Gasteiger partial charge in [0.2, 0.25) is 5.91 Å². The van der Waals surface area contributed by atoms with Crippen molar-refractivity contribution in [3.8, 4) is 0 Å². The fraction of sp³-hybridized carbons (Fsp3) is 0.500. The van der Waals surface area contributed by atoms with Crippen molar-refractivity contribution in [3.63, 3.8) is 0 Å². The van der Waals surface area contributed by atoms with E-state index in [-0.39, 0.29) is 17.7 Å². The molecule has 1 saturated carbocycles. The molecule has 1 spiro atoms. The predicted molar refractivity (Wildman–Crippen MR) is 81.6 cm³/mol. The predicted octanol–water partition coefficient (Wildman–Crippen LogP) is 3.62. The fourth-order valence-corrected chi connectivity index (χ4v) is 3.72. The van der Waals surface area contributed by atoms with E-state index in [9.17, 15) is 9.59 Å². The van der Waals surface area contributed by atoms with Crippen molar-refractivity contribution in [2.24, 2.45) is 11.3 Å². The van der Waals surface area contributed by atoms with Crippen molar-refractivity contribution in [3.05, 3.63) is 29.3 Å². The van der Waals surface area contributed by atoms with Crippen LogP contribution >= 0.6 is 11.6 Å². The normalized spacial score (nSPS) is 29.2. The van der Waals surface area contributed by atoms with E-state index in [2.05, 4.69) is 12.3 Å². The Labute approximate surface area is 129 Å². The van der Waals surface area contributed by atoms with Gasteiger partial charge >= 0.3 is 0 Å². The third-order valence-corrected chi connectivity index (χ3v) is 5.23. The van der Waals surface area contributed by atoms with E-state index in [1.54, 1.807) is 12.1 Å². The number of hydrazine groups is 1. The van der Waals surface area contributed by atoms with E-state index in [1.807, 2.05) is 12.1 Å². The number of anilines is 1. The van der Waals surface area contributed by atoms with Crippen LogP contribution in [0, 0.1) is 11.3 Å². The smallest absolute Gasteiger partial charge is 0.255 e. The van der Waals surface area contributed by atoms with Gasteiger partial charge in [-0.1, -0.05) is 43.5 Å². The lowest BCUT2D eigenvalue weighted by atomic mass is 9.66. The minimum absolute atomic E-state index is 0.0976. The lowest BCUT2D eigenvalue weighted by Gasteiger charge is -2.36. The largest absolute Gasteiger partial charge is 0.287 e. The molecule has 4 nitrogen and oxygen atoms in total. The molecule has 2 fully saturated rings. The fourth-order valence-electron chi connectivity index (χ4n) is 3.54. The summed E-state index contributed by atoms with van der Waals surface area (Å²) in [6, 6.07) is 7.12. The Morgan fingerprint density at radius 1 is 1.29 bits per heavy atom. The molecular formula is C16H19ClN2O2. The first-order chi connectivity index (χ1) is 10.0. The zero-order valence-electron chi connectivity index (χ0n) is 12.1.